The van der Waals surface area contributed by atoms with E-state index < -0.39 is 0 Å². The molecule has 0 bridgehead atoms. The number of aryl methyl sites for hydroxylation is 1. The lowest BCUT2D eigenvalue weighted by Crippen LogP contribution is -2.49. The third kappa shape index (κ3) is 3.84. The Bertz CT molecular complexity index is 1270. The number of benzene rings is 1. The minimum atomic E-state index is -0.275. The summed E-state index contributed by atoms with van der Waals surface area (Å²) in [6.07, 6.45) is 3.38. The van der Waals surface area contributed by atoms with Crippen LogP contribution in [0, 0.1) is 19.7 Å². The number of halogens is 1. The molecule has 1 saturated heterocycles. The first-order valence-electron chi connectivity index (χ1n) is 11.4. The molecule has 0 aliphatic carbocycles. The van der Waals surface area contributed by atoms with Crippen LogP contribution in [-0.2, 0) is 0 Å². The van der Waals surface area contributed by atoms with Crippen LogP contribution in [0.4, 0.5) is 10.2 Å². The lowest BCUT2D eigenvalue weighted by Gasteiger charge is -2.38. The van der Waals surface area contributed by atoms with E-state index in [-0.39, 0.29) is 5.82 Å². The van der Waals surface area contributed by atoms with Crippen molar-refractivity contribution < 1.29 is 4.39 Å². The molecule has 33 heavy (non-hydrogen) atoms. The molecule has 0 amide bonds. The maximum absolute atomic E-state index is 13.6. The second-order valence-corrected chi connectivity index (χ2v) is 8.87. The van der Waals surface area contributed by atoms with Gasteiger partial charge in [-0.3, -0.25) is 4.90 Å². The zero-order chi connectivity index (χ0) is 23.1. The Morgan fingerprint density at radius 2 is 1.61 bits per heavy atom. The third-order valence-corrected chi connectivity index (χ3v) is 6.60. The molecule has 1 fully saturated rings. The number of imidazole rings is 1. The average Bonchev–Trinajstić information content (AvgIpc) is 3.22. The van der Waals surface area contributed by atoms with Gasteiger partial charge in [0.15, 0.2) is 11.5 Å². The molecule has 0 atom stereocenters. The topological polar surface area (TPSA) is 62.5 Å². The van der Waals surface area contributed by atoms with Crippen LogP contribution in [-0.4, -0.2) is 61.9 Å². The van der Waals surface area contributed by atoms with Crippen molar-refractivity contribution in [2.45, 2.75) is 33.7 Å². The molecular formula is C25H28FN7. The molecule has 3 aromatic heterocycles. The largest absolute Gasteiger partial charge is 0.352 e. The van der Waals surface area contributed by atoms with E-state index in [9.17, 15) is 4.39 Å². The first-order valence-corrected chi connectivity index (χ1v) is 11.4. The van der Waals surface area contributed by atoms with Crippen molar-refractivity contribution in [2.24, 2.45) is 0 Å². The number of anilines is 1. The number of hydrogen-bond acceptors (Lipinski definition) is 6. The third-order valence-electron chi connectivity index (χ3n) is 6.60. The molecule has 0 saturated carbocycles. The lowest BCUT2D eigenvalue weighted by atomic mass is 10.1. The van der Waals surface area contributed by atoms with Gasteiger partial charge in [-0.25, -0.2) is 13.9 Å². The number of aromatic nitrogens is 5. The van der Waals surface area contributed by atoms with Crippen molar-refractivity contribution >= 4 is 11.5 Å². The molecule has 4 aromatic rings. The van der Waals surface area contributed by atoms with Crippen LogP contribution in [0.2, 0.25) is 0 Å². The second-order valence-electron chi connectivity index (χ2n) is 8.87. The maximum atomic E-state index is 13.6. The summed E-state index contributed by atoms with van der Waals surface area (Å²) >= 11 is 0. The molecule has 1 aliphatic rings. The van der Waals surface area contributed by atoms with Crippen LogP contribution in [0.1, 0.15) is 25.0 Å². The summed E-state index contributed by atoms with van der Waals surface area (Å²) in [5, 5.41) is 13.1. The van der Waals surface area contributed by atoms with E-state index in [0.29, 0.717) is 6.04 Å². The summed E-state index contributed by atoms with van der Waals surface area (Å²) in [7, 11) is 0. The molecule has 170 valence electrons. The van der Waals surface area contributed by atoms with E-state index in [4.69, 9.17) is 10.1 Å². The van der Waals surface area contributed by atoms with Gasteiger partial charge in [-0.05, 0) is 58.0 Å². The van der Waals surface area contributed by atoms with E-state index in [2.05, 4.69) is 47.7 Å². The molecule has 1 aromatic carbocycles. The molecule has 5 rings (SSSR count). The van der Waals surface area contributed by atoms with Crippen LogP contribution in [0.25, 0.3) is 28.2 Å². The van der Waals surface area contributed by atoms with Crippen LogP contribution in [0.3, 0.4) is 0 Å². The number of rotatable bonds is 4. The summed E-state index contributed by atoms with van der Waals surface area (Å²) in [4.78, 5) is 9.84. The number of nitrogens with zero attached hydrogens (tertiary/aromatic N) is 7. The van der Waals surface area contributed by atoms with Gasteiger partial charge in [-0.2, -0.15) is 10.2 Å². The van der Waals surface area contributed by atoms with Gasteiger partial charge in [-0.15, -0.1) is 5.10 Å². The quantitative estimate of drug-likeness (QED) is 0.471. The van der Waals surface area contributed by atoms with E-state index in [1.807, 2.05) is 10.6 Å². The van der Waals surface area contributed by atoms with Crippen molar-refractivity contribution in [3.05, 3.63) is 59.7 Å². The van der Waals surface area contributed by atoms with E-state index >= 15 is 0 Å². The molecule has 8 heteroatoms. The smallest absolute Gasteiger partial charge is 0.158 e. The van der Waals surface area contributed by atoms with Crippen molar-refractivity contribution in [3.63, 3.8) is 0 Å². The fraction of sp³-hybridized carbons (Fsp3) is 0.360. The Morgan fingerprint density at radius 1 is 0.879 bits per heavy atom. The molecule has 7 nitrogen and oxygen atoms in total. The van der Waals surface area contributed by atoms with Crippen LogP contribution < -0.4 is 4.90 Å². The Morgan fingerprint density at radius 3 is 2.24 bits per heavy atom. The van der Waals surface area contributed by atoms with Crippen LogP contribution in [0.15, 0.2) is 42.7 Å². The highest BCUT2D eigenvalue weighted by molar-refractivity contribution is 5.82. The zero-order valence-electron chi connectivity index (χ0n) is 19.5. The lowest BCUT2D eigenvalue weighted by molar-refractivity contribution is 0.209. The van der Waals surface area contributed by atoms with Crippen LogP contribution >= 0.6 is 0 Å². The normalized spacial score (nSPS) is 15.0. The van der Waals surface area contributed by atoms with Crippen molar-refractivity contribution in [1.82, 2.24) is 29.7 Å². The fourth-order valence-corrected chi connectivity index (χ4v) is 4.51. The Hall–Kier alpha value is -3.39. The van der Waals surface area contributed by atoms with Gasteiger partial charge in [-0.1, -0.05) is 0 Å². The highest BCUT2D eigenvalue weighted by atomic mass is 19.1. The standard InChI is InChI=1S/C25H28FN7/c1-16(2)31-11-13-32(14-12-31)25-18(4)17(3)24-29-22(19-5-7-21(26)8-6-19)23(33(24)30-25)20-9-10-27-28-15-20/h5-10,15-16H,11-14H2,1-4H3. The highest BCUT2D eigenvalue weighted by Gasteiger charge is 2.25. The number of hydrogen-bond donors (Lipinski definition) is 0. The van der Waals surface area contributed by atoms with E-state index in [1.54, 1.807) is 24.5 Å². The van der Waals surface area contributed by atoms with Crippen molar-refractivity contribution in [3.8, 4) is 22.5 Å². The molecule has 0 unspecified atom stereocenters. The van der Waals surface area contributed by atoms with Gasteiger partial charge in [0.25, 0.3) is 0 Å². The number of piperazine rings is 1. The fourth-order valence-electron chi connectivity index (χ4n) is 4.51. The van der Waals surface area contributed by atoms with E-state index in [1.165, 1.54) is 12.1 Å². The molecular weight excluding hydrogens is 417 g/mol. The van der Waals surface area contributed by atoms with E-state index in [0.717, 1.165) is 71.3 Å². The zero-order valence-corrected chi connectivity index (χ0v) is 19.5. The Labute approximate surface area is 192 Å². The van der Waals surface area contributed by atoms with Gasteiger partial charge in [0.1, 0.15) is 11.5 Å². The monoisotopic (exact) mass is 445 g/mol. The van der Waals surface area contributed by atoms with Gasteiger partial charge in [0, 0.05) is 54.5 Å². The van der Waals surface area contributed by atoms with Gasteiger partial charge in [0.2, 0.25) is 0 Å². The number of fused-ring (bicyclic) bond motifs is 1. The molecule has 0 radical (unpaired) electrons. The van der Waals surface area contributed by atoms with Gasteiger partial charge >= 0.3 is 0 Å². The summed E-state index contributed by atoms with van der Waals surface area (Å²) in [5.74, 6) is 0.706. The predicted molar refractivity (Wildman–Crippen MR) is 128 cm³/mol. The predicted octanol–water partition coefficient (Wildman–Crippen LogP) is 4.14. The van der Waals surface area contributed by atoms with Crippen LogP contribution in [0.5, 0.6) is 0 Å². The average molecular weight is 446 g/mol. The van der Waals surface area contributed by atoms with Gasteiger partial charge in [0.05, 0.1) is 18.1 Å². The molecule has 0 N–H and O–H groups in total. The van der Waals surface area contributed by atoms with Crippen molar-refractivity contribution in [2.75, 3.05) is 31.1 Å². The second kappa shape index (κ2) is 8.51. The molecule has 4 heterocycles. The maximum Gasteiger partial charge on any atom is 0.158 e. The summed E-state index contributed by atoms with van der Waals surface area (Å²) in [6, 6.07) is 8.87. The Balaban J connectivity index is 1.69. The Kier molecular flexibility index (Phi) is 5.54. The van der Waals surface area contributed by atoms with Gasteiger partial charge < -0.3 is 4.90 Å². The molecule has 1 aliphatic heterocycles. The summed E-state index contributed by atoms with van der Waals surface area (Å²) in [5.41, 5.74) is 6.29. The summed E-state index contributed by atoms with van der Waals surface area (Å²) in [6.45, 7) is 12.6. The minimum absolute atomic E-state index is 0.275. The first-order chi connectivity index (χ1) is 15.9. The first kappa shape index (κ1) is 21.5. The SMILES string of the molecule is Cc1c(N2CCN(C(C)C)CC2)nn2c(-c3ccnnc3)c(-c3ccc(F)cc3)nc2c1C. The molecule has 0 spiro atoms. The summed E-state index contributed by atoms with van der Waals surface area (Å²) < 4.78 is 15.5. The highest BCUT2D eigenvalue weighted by Crippen LogP contribution is 2.35. The minimum Gasteiger partial charge on any atom is -0.352 e. The van der Waals surface area contributed by atoms with Crippen molar-refractivity contribution in [1.29, 1.82) is 0 Å².